The summed E-state index contributed by atoms with van der Waals surface area (Å²) in [5, 5.41) is 14.6. The van der Waals surface area contributed by atoms with Gasteiger partial charge >= 0.3 is 0 Å². The lowest BCUT2D eigenvalue weighted by molar-refractivity contribution is -0.385. The van der Waals surface area contributed by atoms with Crippen LogP contribution in [0.4, 0.5) is 5.69 Å². The van der Waals surface area contributed by atoms with Crippen molar-refractivity contribution in [3.63, 3.8) is 0 Å². The Morgan fingerprint density at radius 3 is 3.05 bits per heavy atom. The SMILES string of the molecule is Cc1c(CNC2CCN3CCCC23)cccc1[N+](=O)[O-]. The van der Waals surface area contributed by atoms with Gasteiger partial charge in [0.25, 0.3) is 5.69 Å². The van der Waals surface area contributed by atoms with Gasteiger partial charge in [0, 0.05) is 36.8 Å². The number of nitrogens with zero attached hydrogens (tertiary/aromatic N) is 2. The Morgan fingerprint density at radius 2 is 2.25 bits per heavy atom. The molecule has 20 heavy (non-hydrogen) atoms. The van der Waals surface area contributed by atoms with Crippen molar-refractivity contribution in [2.75, 3.05) is 13.1 Å². The smallest absolute Gasteiger partial charge is 0.272 e. The van der Waals surface area contributed by atoms with E-state index in [-0.39, 0.29) is 10.6 Å². The fourth-order valence-corrected chi connectivity index (χ4v) is 3.62. The van der Waals surface area contributed by atoms with Gasteiger partial charge in [-0.1, -0.05) is 12.1 Å². The second-order valence-corrected chi connectivity index (χ2v) is 5.84. The number of nitrogens with one attached hydrogen (secondary N) is 1. The highest BCUT2D eigenvalue weighted by Gasteiger charge is 2.36. The van der Waals surface area contributed by atoms with Crippen LogP contribution in [0.15, 0.2) is 18.2 Å². The van der Waals surface area contributed by atoms with Crippen LogP contribution in [0.2, 0.25) is 0 Å². The monoisotopic (exact) mass is 275 g/mol. The van der Waals surface area contributed by atoms with E-state index in [9.17, 15) is 10.1 Å². The molecule has 2 heterocycles. The van der Waals surface area contributed by atoms with Gasteiger partial charge < -0.3 is 5.32 Å². The molecule has 2 saturated heterocycles. The van der Waals surface area contributed by atoms with Crippen molar-refractivity contribution in [3.8, 4) is 0 Å². The van der Waals surface area contributed by atoms with E-state index in [1.165, 1.54) is 32.4 Å². The first kappa shape index (κ1) is 13.5. The van der Waals surface area contributed by atoms with Crippen molar-refractivity contribution in [1.29, 1.82) is 0 Å². The number of nitro groups is 1. The number of fused-ring (bicyclic) bond motifs is 1. The maximum atomic E-state index is 11.0. The average molecular weight is 275 g/mol. The van der Waals surface area contributed by atoms with Gasteiger partial charge in [-0.25, -0.2) is 0 Å². The first-order chi connectivity index (χ1) is 9.66. The lowest BCUT2D eigenvalue weighted by Gasteiger charge is -2.21. The number of rotatable bonds is 4. The molecule has 2 aliphatic rings. The average Bonchev–Trinajstić information content (AvgIpc) is 3.00. The lowest BCUT2D eigenvalue weighted by Crippen LogP contribution is -2.38. The van der Waals surface area contributed by atoms with Crippen LogP contribution in [0.25, 0.3) is 0 Å². The molecule has 0 saturated carbocycles. The van der Waals surface area contributed by atoms with Crippen molar-refractivity contribution >= 4 is 5.69 Å². The van der Waals surface area contributed by atoms with Gasteiger partial charge in [-0.15, -0.1) is 0 Å². The highest BCUT2D eigenvalue weighted by molar-refractivity contribution is 5.44. The summed E-state index contributed by atoms with van der Waals surface area (Å²) >= 11 is 0. The van der Waals surface area contributed by atoms with Crippen molar-refractivity contribution in [2.24, 2.45) is 0 Å². The van der Waals surface area contributed by atoms with E-state index in [0.29, 0.717) is 12.1 Å². The van der Waals surface area contributed by atoms with E-state index < -0.39 is 0 Å². The maximum Gasteiger partial charge on any atom is 0.272 e. The molecule has 0 bridgehead atoms. The molecule has 0 aliphatic carbocycles. The zero-order chi connectivity index (χ0) is 14.1. The van der Waals surface area contributed by atoms with Gasteiger partial charge in [0.15, 0.2) is 0 Å². The van der Waals surface area contributed by atoms with Crippen LogP contribution in [0.1, 0.15) is 30.4 Å². The number of hydrogen-bond donors (Lipinski definition) is 1. The molecular weight excluding hydrogens is 254 g/mol. The molecule has 1 aromatic rings. The van der Waals surface area contributed by atoms with Crippen LogP contribution in [0, 0.1) is 17.0 Å². The molecule has 2 fully saturated rings. The standard InChI is InChI=1S/C15H21N3O2/c1-11-12(4-2-5-14(11)18(19)20)10-16-13-7-9-17-8-3-6-15(13)17/h2,4-5,13,15-16H,3,6-10H2,1H3. The van der Waals surface area contributed by atoms with Crippen molar-refractivity contribution in [2.45, 2.75) is 44.8 Å². The topological polar surface area (TPSA) is 58.4 Å². The van der Waals surface area contributed by atoms with Gasteiger partial charge in [-0.05, 0) is 38.3 Å². The predicted octanol–water partition coefficient (Wildman–Crippen LogP) is 2.23. The quantitative estimate of drug-likeness (QED) is 0.676. The molecule has 0 aromatic heterocycles. The fraction of sp³-hybridized carbons (Fsp3) is 0.600. The maximum absolute atomic E-state index is 11.0. The Morgan fingerprint density at radius 1 is 1.40 bits per heavy atom. The Hall–Kier alpha value is -1.46. The molecule has 5 nitrogen and oxygen atoms in total. The van der Waals surface area contributed by atoms with Gasteiger partial charge in [-0.3, -0.25) is 15.0 Å². The van der Waals surface area contributed by atoms with E-state index in [0.717, 1.165) is 17.7 Å². The summed E-state index contributed by atoms with van der Waals surface area (Å²) in [6.07, 6.45) is 3.78. The zero-order valence-electron chi connectivity index (χ0n) is 11.8. The lowest BCUT2D eigenvalue weighted by atomic mass is 10.0. The highest BCUT2D eigenvalue weighted by Crippen LogP contribution is 2.28. The van der Waals surface area contributed by atoms with Crippen LogP contribution in [-0.4, -0.2) is 35.0 Å². The normalized spacial score (nSPS) is 25.9. The molecule has 1 N–H and O–H groups in total. The molecule has 2 atom stereocenters. The Kier molecular flexibility index (Phi) is 3.72. The largest absolute Gasteiger partial charge is 0.308 e. The minimum Gasteiger partial charge on any atom is -0.308 e. The van der Waals surface area contributed by atoms with Gasteiger partial charge in [0.1, 0.15) is 0 Å². The van der Waals surface area contributed by atoms with Crippen LogP contribution in [0.3, 0.4) is 0 Å². The van der Waals surface area contributed by atoms with Crippen LogP contribution in [-0.2, 0) is 6.54 Å². The van der Waals surface area contributed by atoms with Crippen molar-refractivity contribution in [1.82, 2.24) is 10.2 Å². The first-order valence-corrected chi connectivity index (χ1v) is 7.37. The molecule has 2 aliphatic heterocycles. The van der Waals surface area contributed by atoms with Gasteiger partial charge in [-0.2, -0.15) is 0 Å². The molecule has 0 amide bonds. The summed E-state index contributed by atoms with van der Waals surface area (Å²) in [5.74, 6) is 0. The van der Waals surface area contributed by atoms with Gasteiger partial charge in [0.2, 0.25) is 0 Å². The third-order valence-electron chi connectivity index (χ3n) is 4.77. The third kappa shape index (κ3) is 2.43. The first-order valence-electron chi connectivity index (χ1n) is 7.37. The third-order valence-corrected chi connectivity index (χ3v) is 4.77. The summed E-state index contributed by atoms with van der Waals surface area (Å²) in [6, 6.07) is 6.55. The Labute approximate surface area is 119 Å². The fourth-order valence-electron chi connectivity index (χ4n) is 3.62. The zero-order valence-corrected chi connectivity index (χ0v) is 11.8. The molecule has 108 valence electrons. The van der Waals surface area contributed by atoms with E-state index in [1.54, 1.807) is 12.1 Å². The molecule has 2 unspecified atom stereocenters. The molecule has 5 heteroatoms. The number of benzene rings is 1. The second kappa shape index (κ2) is 5.50. The Balaban J connectivity index is 1.67. The second-order valence-electron chi connectivity index (χ2n) is 5.84. The minimum absolute atomic E-state index is 0.221. The van der Waals surface area contributed by atoms with E-state index >= 15 is 0 Å². The van der Waals surface area contributed by atoms with Crippen molar-refractivity contribution in [3.05, 3.63) is 39.4 Å². The number of nitro benzene ring substituents is 1. The van der Waals surface area contributed by atoms with Gasteiger partial charge in [0.05, 0.1) is 4.92 Å². The summed E-state index contributed by atoms with van der Waals surface area (Å²) < 4.78 is 0. The van der Waals surface area contributed by atoms with E-state index in [2.05, 4.69) is 10.2 Å². The summed E-state index contributed by atoms with van der Waals surface area (Å²) in [4.78, 5) is 13.2. The summed E-state index contributed by atoms with van der Waals surface area (Å²) in [5.41, 5.74) is 2.04. The van der Waals surface area contributed by atoms with E-state index in [4.69, 9.17) is 0 Å². The summed E-state index contributed by atoms with van der Waals surface area (Å²) in [7, 11) is 0. The van der Waals surface area contributed by atoms with Crippen LogP contribution < -0.4 is 5.32 Å². The molecular formula is C15H21N3O2. The molecule has 0 radical (unpaired) electrons. The molecule has 0 spiro atoms. The predicted molar refractivity (Wildman–Crippen MR) is 77.7 cm³/mol. The summed E-state index contributed by atoms with van der Waals surface area (Å²) in [6.45, 7) is 4.99. The molecule has 3 rings (SSSR count). The molecule has 1 aromatic carbocycles. The van der Waals surface area contributed by atoms with Crippen molar-refractivity contribution < 1.29 is 4.92 Å². The minimum atomic E-state index is -0.299. The Bertz CT molecular complexity index is 518. The van der Waals surface area contributed by atoms with Crippen LogP contribution in [0.5, 0.6) is 0 Å². The number of hydrogen-bond acceptors (Lipinski definition) is 4. The van der Waals surface area contributed by atoms with Crippen LogP contribution >= 0.6 is 0 Å². The van der Waals surface area contributed by atoms with E-state index in [1.807, 2.05) is 13.0 Å². The highest BCUT2D eigenvalue weighted by atomic mass is 16.6.